The van der Waals surface area contributed by atoms with Crippen molar-refractivity contribution in [2.24, 2.45) is 0 Å². The molecule has 0 fully saturated rings. The van der Waals surface area contributed by atoms with Gasteiger partial charge in [-0.3, -0.25) is 0 Å². The highest BCUT2D eigenvalue weighted by molar-refractivity contribution is 5.90. The van der Waals surface area contributed by atoms with Crippen LogP contribution in [0.4, 0.5) is 4.39 Å². The van der Waals surface area contributed by atoms with Crippen LogP contribution in [0, 0.1) is 5.82 Å². The lowest BCUT2D eigenvalue weighted by Gasteiger charge is -2.04. The average Bonchev–Trinajstić information content (AvgIpc) is 2.57. The number of carbonyl (C=O) groups excluding carboxylic acids is 1. The fourth-order valence-corrected chi connectivity index (χ4v) is 1.88. The highest BCUT2D eigenvalue weighted by atomic mass is 19.1. The molecule has 0 atom stereocenters. The molecule has 0 amide bonds. The molecule has 0 unspecified atom stereocenters. The zero-order valence-electron chi connectivity index (χ0n) is 11.4. The SMILES string of the molecule is O=C(Oc1ccc(-c2ccccc2)nn1)c1ccc(F)cc1. The van der Waals surface area contributed by atoms with Crippen LogP contribution < -0.4 is 4.74 Å². The number of benzene rings is 2. The van der Waals surface area contributed by atoms with Crippen LogP contribution in [0.1, 0.15) is 10.4 Å². The Morgan fingerprint density at radius 2 is 1.59 bits per heavy atom. The maximum Gasteiger partial charge on any atom is 0.344 e. The molecular formula is C17H11FN2O2. The van der Waals surface area contributed by atoms with Gasteiger partial charge in [-0.1, -0.05) is 30.3 Å². The molecular weight excluding hydrogens is 283 g/mol. The Hall–Kier alpha value is -3.08. The fourth-order valence-electron chi connectivity index (χ4n) is 1.88. The largest absolute Gasteiger partial charge is 0.402 e. The molecule has 0 N–H and O–H groups in total. The molecule has 5 heteroatoms. The van der Waals surface area contributed by atoms with Crippen molar-refractivity contribution < 1.29 is 13.9 Å². The maximum absolute atomic E-state index is 12.8. The molecule has 0 aliphatic rings. The molecule has 4 nitrogen and oxygen atoms in total. The van der Waals surface area contributed by atoms with Gasteiger partial charge in [0.05, 0.1) is 11.3 Å². The Bertz CT molecular complexity index is 772. The van der Waals surface area contributed by atoms with Gasteiger partial charge in [-0.2, -0.15) is 0 Å². The second kappa shape index (κ2) is 6.13. The van der Waals surface area contributed by atoms with E-state index in [2.05, 4.69) is 10.2 Å². The number of aromatic nitrogens is 2. The maximum atomic E-state index is 12.8. The van der Waals surface area contributed by atoms with E-state index in [9.17, 15) is 9.18 Å². The van der Waals surface area contributed by atoms with Gasteiger partial charge in [-0.25, -0.2) is 9.18 Å². The zero-order chi connectivity index (χ0) is 15.4. The summed E-state index contributed by atoms with van der Waals surface area (Å²) in [6.07, 6.45) is 0. The van der Waals surface area contributed by atoms with Crippen LogP contribution in [0.3, 0.4) is 0 Å². The molecule has 0 aliphatic heterocycles. The van der Waals surface area contributed by atoms with Gasteiger partial charge in [0.2, 0.25) is 5.88 Å². The molecule has 0 aliphatic carbocycles. The van der Waals surface area contributed by atoms with E-state index in [-0.39, 0.29) is 11.4 Å². The van der Waals surface area contributed by atoms with Crippen LogP contribution in [0.2, 0.25) is 0 Å². The highest BCUT2D eigenvalue weighted by Gasteiger charge is 2.10. The quantitative estimate of drug-likeness (QED) is 0.694. The summed E-state index contributed by atoms with van der Waals surface area (Å²) >= 11 is 0. The van der Waals surface area contributed by atoms with E-state index in [1.807, 2.05) is 30.3 Å². The van der Waals surface area contributed by atoms with Crippen molar-refractivity contribution in [2.45, 2.75) is 0 Å². The van der Waals surface area contributed by atoms with Crippen molar-refractivity contribution in [3.8, 4) is 17.1 Å². The summed E-state index contributed by atoms with van der Waals surface area (Å²) in [5, 5.41) is 7.89. The standard InChI is InChI=1S/C17H11FN2O2/c18-14-8-6-13(7-9-14)17(21)22-16-11-10-15(19-20-16)12-4-2-1-3-5-12/h1-11H. The molecule has 0 spiro atoms. The van der Waals surface area contributed by atoms with Crippen molar-refractivity contribution in [3.63, 3.8) is 0 Å². The number of hydrogen-bond donors (Lipinski definition) is 0. The predicted octanol–water partition coefficient (Wildman–Crippen LogP) is 3.50. The smallest absolute Gasteiger partial charge is 0.344 e. The Morgan fingerprint density at radius 1 is 0.864 bits per heavy atom. The zero-order valence-corrected chi connectivity index (χ0v) is 11.4. The Morgan fingerprint density at radius 3 is 2.23 bits per heavy atom. The lowest BCUT2D eigenvalue weighted by Crippen LogP contribution is -2.09. The van der Waals surface area contributed by atoms with Gasteiger partial charge in [0, 0.05) is 11.6 Å². The van der Waals surface area contributed by atoms with Gasteiger partial charge in [0.15, 0.2) is 0 Å². The minimum atomic E-state index is -0.609. The molecule has 0 saturated carbocycles. The average molecular weight is 294 g/mol. The summed E-state index contributed by atoms with van der Waals surface area (Å²) < 4.78 is 17.9. The monoisotopic (exact) mass is 294 g/mol. The van der Waals surface area contributed by atoms with Crippen molar-refractivity contribution in [1.82, 2.24) is 10.2 Å². The lowest BCUT2D eigenvalue weighted by atomic mass is 10.1. The van der Waals surface area contributed by atoms with E-state index in [1.165, 1.54) is 24.3 Å². The minimum absolute atomic E-state index is 0.0917. The fraction of sp³-hybridized carbons (Fsp3) is 0. The molecule has 0 saturated heterocycles. The highest BCUT2D eigenvalue weighted by Crippen LogP contribution is 2.17. The number of hydrogen-bond acceptors (Lipinski definition) is 4. The van der Waals surface area contributed by atoms with Crippen molar-refractivity contribution in [2.75, 3.05) is 0 Å². The van der Waals surface area contributed by atoms with E-state index in [4.69, 9.17) is 4.74 Å². The van der Waals surface area contributed by atoms with E-state index in [0.717, 1.165) is 5.56 Å². The first-order chi connectivity index (χ1) is 10.7. The van der Waals surface area contributed by atoms with Crippen LogP contribution in [-0.2, 0) is 0 Å². The number of rotatable bonds is 3. The predicted molar refractivity (Wildman–Crippen MR) is 78.8 cm³/mol. The van der Waals surface area contributed by atoms with Gasteiger partial charge in [-0.05, 0) is 30.3 Å². The lowest BCUT2D eigenvalue weighted by molar-refractivity contribution is 0.0726. The summed E-state index contributed by atoms with van der Waals surface area (Å²) in [7, 11) is 0. The summed E-state index contributed by atoms with van der Waals surface area (Å²) in [6.45, 7) is 0. The molecule has 0 radical (unpaired) electrons. The van der Waals surface area contributed by atoms with E-state index < -0.39 is 11.8 Å². The van der Waals surface area contributed by atoms with Crippen molar-refractivity contribution >= 4 is 5.97 Å². The van der Waals surface area contributed by atoms with Crippen LogP contribution >= 0.6 is 0 Å². The summed E-state index contributed by atoms with van der Waals surface area (Å²) in [6, 6.07) is 17.9. The van der Waals surface area contributed by atoms with Crippen molar-refractivity contribution in [3.05, 3.63) is 78.1 Å². The van der Waals surface area contributed by atoms with Gasteiger partial charge in [0.25, 0.3) is 0 Å². The summed E-state index contributed by atoms with van der Waals surface area (Å²) in [4.78, 5) is 11.9. The van der Waals surface area contributed by atoms with Crippen LogP contribution in [0.5, 0.6) is 5.88 Å². The van der Waals surface area contributed by atoms with Gasteiger partial charge in [0.1, 0.15) is 5.82 Å². The van der Waals surface area contributed by atoms with E-state index in [1.54, 1.807) is 12.1 Å². The van der Waals surface area contributed by atoms with Gasteiger partial charge >= 0.3 is 5.97 Å². The number of ether oxygens (including phenoxy) is 1. The number of esters is 1. The Kier molecular flexibility index (Phi) is 3.87. The van der Waals surface area contributed by atoms with Crippen molar-refractivity contribution in [1.29, 1.82) is 0 Å². The molecule has 22 heavy (non-hydrogen) atoms. The molecule has 1 heterocycles. The third kappa shape index (κ3) is 3.15. The Labute approximate surface area is 126 Å². The molecule has 3 aromatic rings. The molecule has 1 aromatic heterocycles. The third-order valence-electron chi connectivity index (χ3n) is 2.99. The molecule has 3 rings (SSSR count). The summed E-state index contributed by atoms with van der Waals surface area (Å²) in [5.74, 6) is -0.931. The van der Waals surface area contributed by atoms with Crippen LogP contribution in [0.25, 0.3) is 11.3 Å². The second-order valence-electron chi connectivity index (χ2n) is 4.52. The Balaban J connectivity index is 1.73. The molecule has 108 valence electrons. The first-order valence-corrected chi connectivity index (χ1v) is 6.59. The number of nitrogens with zero attached hydrogens (tertiary/aromatic N) is 2. The molecule has 2 aromatic carbocycles. The third-order valence-corrected chi connectivity index (χ3v) is 2.99. The van der Waals surface area contributed by atoms with Crippen LogP contribution in [0.15, 0.2) is 66.7 Å². The minimum Gasteiger partial charge on any atom is -0.402 e. The summed E-state index contributed by atoms with van der Waals surface area (Å²) in [5.41, 5.74) is 1.85. The topological polar surface area (TPSA) is 52.1 Å². The first kappa shape index (κ1) is 13.9. The van der Waals surface area contributed by atoms with Gasteiger partial charge in [-0.15, -0.1) is 10.2 Å². The van der Waals surface area contributed by atoms with Gasteiger partial charge < -0.3 is 4.74 Å². The number of carbonyl (C=O) groups is 1. The normalized spacial score (nSPS) is 10.2. The second-order valence-corrected chi connectivity index (χ2v) is 4.52. The van der Waals surface area contributed by atoms with Crippen LogP contribution in [-0.4, -0.2) is 16.2 Å². The van der Waals surface area contributed by atoms with E-state index >= 15 is 0 Å². The first-order valence-electron chi connectivity index (χ1n) is 6.59. The van der Waals surface area contributed by atoms with E-state index in [0.29, 0.717) is 5.69 Å². The number of halogens is 1. The molecule has 0 bridgehead atoms.